The van der Waals surface area contributed by atoms with Gasteiger partial charge in [0.1, 0.15) is 11.5 Å². The van der Waals surface area contributed by atoms with Crippen molar-refractivity contribution in [3.05, 3.63) is 24.3 Å². The van der Waals surface area contributed by atoms with Gasteiger partial charge in [0, 0.05) is 6.07 Å². The monoisotopic (exact) mass is 266 g/mol. The minimum absolute atomic E-state index is 0.338. The molecule has 0 aliphatic rings. The van der Waals surface area contributed by atoms with Crippen molar-refractivity contribution in [1.29, 1.82) is 0 Å². The fourth-order valence-corrected chi connectivity index (χ4v) is 1.71. The second kappa shape index (κ2) is 8.40. The topological polar surface area (TPSA) is 44.8 Å². The molecule has 1 atom stereocenters. The van der Waals surface area contributed by atoms with Crippen molar-refractivity contribution < 1.29 is 19.0 Å². The summed E-state index contributed by atoms with van der Waals surface area (Å²) in [5.74, 6) is 1.02. The van der Waals surface area contributed by atoms with Crippen molar-refractivity contribution in [2.45, 2.75) is 39.2 Å². The van der Waals surface area contributed by atoms with Crippen LogP contribution in [0.4, 0.5) is 0 Å². The average Bonchev–Trinajstić information content (AvgIpc) is 2.43. The van der Waals surface area contributed by atoms with Crippen LogP contribution in [0.25, 0.3) is 0 Å². The third kappa shape index (κ3) is 5.20. The molecule has 1 aromatic carbocycles. The molecule has 0 spiro atoms. The Balaban J connectivity index is 2.71. The highest BCUT2D eigenvalue weighted by molar-refractivity contribution is 5.74. The summed E-state index contributed by atoms with van der Waals surface area (Å²) in [6.45, 7) is 4.59. The number of benzene rings is 1. The Morgan fingerprint density at radius 1 is 1.26 bits per heavy atom. The largest absolute Gasteiger partial charge is 0.494 e. The number of unbranched alkanes of at least 4 members (excludes halogenated alkanes) is 1. The molecule has 1 rings (SSSR count). The first-order valence-corrected chi connectivity index (χ1v) is 6.68. The lowest BCUT2D eigenvalue weighted by molar-refractivity contribution is -0.149. The first-order valence-electron chi connectivity index (χ1n) is 6.68. The number of hydrogen-bond acceptors (Lipinski definition) is 4. The summed E-state index contributed by atoms with van der Waals surface area (Å²) in [5.41, 5.74) is 0. The maximum Gasteiger partial charge on any atom is 0.347 e. The molecule has 1 aromatic rings. The summed E-state index contributed by atoms with van der Waals surface area (Å²) in [6.07, 6.45) is 2.03. The van der Waals surface area contributed by atoms with Gasteiger partial charge in [0.2, 0.25) is 0 Å². The van der Waals surface area contributed by atoms with Crippen LogP contribution >= 0.6 is 0 Å². The molecule has 0 aliphatic carbocycles. The second-order valence-electron chi connectivity index (χ2n) is 4.18. The number of hydrogen-bond donors (Lipinski definition) is 0. The molecule has 0 fully saturated rings. The normalized spacial score (nSPS) is 11.7. The third-order valence-corrected chi connectivity index (χ3v) is 2.68. The molecule has 0 heterocycles. The number of esters is 1. The summed E-state index contributed by atoms with van der Waals surface area (Å²) >= 11 is 0. The Bertz CT molecular complexity index is 389. The van der Waals surface area contributed by atoms with E-state index in [4.69, 9.17) is 14.2 Å². The van der Waals surface area contributed by atoms with Crippen molar-refractivity contribution in [2.75, 3.05) is 13.7 Å². The standard InChI is InChI=1S/C15H22O4/c1-4-6-10-14(15(16)17-3)19-13-9-7-8-12(11-13)18-5-2/h7-9,11,14H,4-6,10H2,1-3H3. The number of methoxy groups -OCH3 is 1. The Morgan fingerprint density at radius 2 is 2.00 bits per heavy atom. The highest BCUT2D eigenvalue weighted by Gasteiger charge is 2.20. The average molecular weight is 266 g/mol. The first kappa shape index (κ1) is 15.3. The molecular weight excluding hydrogens is 244 g/mol. The number of ether oxygens (including phenoxy) is 3. The van der Waals surface area contributed by atoms with Crippen LogP contribution in [0.15, 0.2) is 24.3 Å². The quantitative estimate of drug-likeness (QED) is 0.678. The molecule has 0 N–H and O–H groups in total. The molecule has 0 aromatic heterocycles. The van der Waals surface area contributed by atoms with Gasteiger partial charge >= 0.3 is 5.97 Å². The van der Waals surface area contributed by atoms with Crippen LogP contribution in [0.1, 0.15) is 33.1 Å². The van der Waals surface area contributed by atoms with E-state index >= 15 is 0 Å². The van der Waals surface area contributed by atoms with Gasteiger partial charge in [0.15, 0.2) is 6.10 Å². The molecule has 4 nitrogen and oxygen atoms in total. The van der Waals surface area contributed by atoms with E-state index < -0.39 is 6.10 Å². The van der Waals surface area contributed by atoms with E-state index in [0.717, 1.165) is 18.6 Å². The van der Waals surface area contributed by atoms with Crippen molar-refractivity contribution in [2.24, 2.45) is 0 Å². The van der Waals surface area contributed by atoms with Crippen molar-refractivity contribution in [3.8, 4) is 11.5 Å². The molecule has 0 amide bonds. The molecule has 0 radical (unpaired) electrons. The summed E-state index contributed by atoms with van der Waals surface area (Å²) in [6, 6.07) is 7.29. The Morgan fingerprint density at radius 3 is 2.63 bits per heavy atom. The van der Waals surface area contributed by atoms with E-state index in [1.54, 1.807) is 6.07 Å². The zero-order chi connectivity index (χ0) is 14.1. The lowest BCUT2D eigenvalue weighted by Crippen LogP contribution is -2.28. The van der Waals surface area contributed by atoms with Crippen LogP contribution in [-0.2, 0) is 9.53 Å². The fraction of sp³-hybridized carbons (Fsp3) is 0.533. The van der Waals surface area contributed by atoms with Crippen LogP contribution in [0.3, 0.4) is 0 Å². The van der Waals surface area contributed by atoms with Crippen LogP contribution in [-0.4, -0.2) is 25.8 Å². The highest BCUT2D eigenvalue weighted by Crippen LogP contribution is 2.22. The van der Waals surface area contributed by atoms with Gasteiger partial charge in [-0.2, -0.15) is 0 Å². The van der Waals surface area contributed by atoms with E-state index in [-0.39, 0.29) is 5.97 Å². The highest BCUT2D eigenvalue weighted by atomic mass is 16.6. The van der Waals surface area contributed by atoms with Crippen LogP contribution in [0.5, 0.6) is 11.5 Å². The molecule has 1 unspecified atom stereocenters. The van der Waals surface area contributed by atoms with E-state index in [2.05, 4.69) is 6.92 Å². The van der Waals surface area contributed by atoms with Crippen LogP contribution in [0, 0.1) is 0 Å². The van der Waals surface area contributed by atoms with Gasteiger partial charge in [0.05, 0.1) is 13.7 Å². The van der Waals surface area contributed by atoms with Gasteiger partial charge in [-0.3, -0.25) is 0 Å². The van der Waals surface area contributed by atoms with Gasteiger partial charge in [-0.25, -0.2) is 4.79 Å². The molecule has 19 heavy (non-hydrogen) atoms. The van der Waals surface area contributed by atoms with Crippen LogP contribution in [0.2, 0.25) is 0 Å². The number of carbonyl (C=O) groups is 1. The van der Waals surface area contributed by atoms with E-state index in [1.165, 1.54) is 7.11 Å². The van der Waals surface area contributed by atoms with Gasteiger partial charge in [-0.05, 0) is 31.9 Å². The maximum absolute atomic E-state index is 11.7. The molecule has 0 aliphatic heterocycles. The Hall–Kier alpha value is -1.71. The van der Waals surface area contributed by atoms with Crippen molar-refractivity contribution >= 4 is 5.97 Å². The minimum atomic E-state index is -0.554. The van der Waals surface area contributed by atoms with E-state index in [1.807, 2.05) is 25.1 Å². The van der Waals surface area contributed by atoms with Gasteiger partial charge in [0.25, 0.3) is 0 Å². The lowest BCUT2D eigenvalue weighted by atomic mass is 10.1. The van der Waals surface area contributed by atoms with Gasteiger partial charge < -0.3 is 14.2 Å². The number of rotatable bonds is 8. The first-order chi connectivity index (χ1) is 9.21. The predicted octanol–water partition coefficient (Wildman–Crippen LogP) is 3.20. The van der Waals surface area contributed by atoms with Gasteiger partial charge in [-0.1, -0.05) is 19.4 Å². The summed E-state index contributed by atoms with van der Waals surface area (Å²) in [4.78, 5) is 11.7. The summed E-state index contributed by atoms with van der Waals surface area (Å²) in [5, 5.41) is 0. The zero-order valence-corrected chi connectivity index (χ0v) is 11.8. The Kier molecular flexibility index (Phi) is 6.79. The Labute approximate surface area is 114 Å². The maximum atomic E-state index is 11.7. The summed E-state index contributed by atoms with van der Waals surface area (Å²) in [7, 11) is 1.38. The third-order valence-electron chi connectivity index (χ3n) is 2.68. The SMILES string of the molecule is CCCCC(Oc1cccc(OCC)c1)C(=O)OC. The lowest BCUT2D eigenvalue weighted by Gasteiger charge is -2.17. The molecular formula is C15H22O4. The zero-order valence-electron chi connectivity index (χ0n) is 11.8. The van der Waals surface area contributed by atoms with Gasteiger partial charge in [-0.15, -0.1) is 0 Å². The van der Waals surface area contributed by atoms with E-state index in [0.29, 0.717) is 18.8 Å². The minimum Gasteiger partial charge on any atom is -0.494 e. The fourth-order valence-electron chi connectivity index (χ4n) is 1.71. The molecule has 0 saturated heterocycles. The smallest absolute Gasteiger partial charge is 0.347 e. The molecule has 106 valence electrons. The predicted molar refractivity (Wildman–Crippen MR) is 73.6 cm³/mol. The molecule has 4 heteroatoms. The van der Waals surface area contributed by atoms with Crippen molar-refractivity contribution in [3.63, 3.8) is 0 Å². The van der Waals surface area contributed by atoms with E-state index in [9.17, 15) is 4.79 Å². The molecule has 0 saturated carbocycles. The van der Waals surface area contributed by atoms with Crippen LogP contribution < -0.4 is 9.47 Å². The second-order valence-corrected chi connectivity index (χ2v) is 4.18. The summed E-state index contributed by atoms with van der Waals surface area (Å²) < 4.78 is 15.9. The molecule has 0 bridgehead atoms. The number of carbonyl (C=O) groups excluding carboxylic acids is 1. The van der Waals surface area contributed by atoms with Crippen molar-refractivity contribution in [1.82, 2.24) is 0 Å².